The van der Waals surface area contributed by atoms with Gasteiger partial charge in [-0.2, -0.15) is 0 Å². The van der Waals surface area contributed by atoms with Crippen molar-refractivity contribution in [2.75, 3.05) is 12.0 Å². The molecule has 1 fully saturated rings. The van der Waals surface area contributed by atoms with E-state index < -0.39 is 5.97 Å². The van der Waals surface area contributed by atoms with Crippen molar-refractivity contribution in [3.05, 3.63) is 76.3 Å². The minimum absolute atomic E-state index is 0.169. The SMILES string of the molecule is COC(=O)c1ccc(Oc2cc(C)c(N3C(=O)CCC3=O)cc2-c2cn(C)c3c(=O)[nH]ccc23)cc1. The molecule has 1 aliphatic rings. The normalized spacial score (nSPS) is 13.5. The van der Waals surface area contributed by atoms with E-state index in [0.29, 0.717) is 50.3 Å². The number of rotatable bonds is 5. The molecule has 1 saturated heterocycles. The minimum atomic E-state index is -0.455. The monoisotopic (exact) mass is 485 g/mol. The summed E-state index contributed by atoms with van der Waals surface area (Å²) in [5.74, 6) is -0.0225. The number of nitrogens with one attached hydrogen (secondary N) is 1. The highest BCUT2D eigenvalue weighted by Crippen LogP contribution is 2.42. The van der Waals surface area contributed by atoms with E-state index in [-0.39, 0.29) is 30.2 Å². The van der Waals surface area contributed by atoms with Crippen molar-refractivity contribution in [3.63, 3.8) is 0 Å². The summed E-state index contributed by atoms with van der Waals surface area (Å²) in [5, 5.41) is 0.695. The number of imide groups is 1. The van der Waals surface area contributed by atoms with E-state index in [0.717, 1.165) is 0 Å². The quantitative estimate of drug-likeness (QED) is 0.337. The molecule has 3 heterocycles. The van der Waals surface area contributed by atoms with Gasteiger partial charge in [-0.3, -0.25) is 19.3 Å². The summed E-state index contributed by atoms with van der Waals surface area (Å²) in [6.45, 7) is 1.80. The molecule has 0 unspecified atom stereocenters. The van der Waals surface area contributed by atoms with Gasteiger partial charge >= 0.3 is 5.97 Å². The number of esters is 1. The van der Waals surface area contributed by atoms with Crippen LogP contribution in [0.25, 0.3) is 22.0 Å². The lowest BCUT2D eigenvalue weighted by molar-refractivity contribution is -0.121. The number of nitrogens with zero attached hydrogens (tertiary/aromatic N) is 2. The zero-order valence-corrected chi connectivity index (χ0v) is 20.0. The zero-order valence-electron chi connectivity index (χ0n) is 20.0. The van der Waals surface area contributed by atoms with E-state index in [1.807, 2.05) is 6.20 Å². The van der Waals surface area contributed by atoms with E-state index >= 15 is 0 Å². The summed E-state index contributed by atoms with van der Waals surface area (Å²) in [4.78, 5) is 53.2. The third kappa shape index (κ3) is 3.84. The van der Waals surface area contributed by atoms with Crippen LogP contribution in [0.3, 0.4) is 0 Å². The Morgan fingerprint density at radius 1 is 0.972 bits per heavy atom. The Morgan fingerprint density at radius 2 is 1.67 bits per heavy atom. The third-order valence-corrected chi connectivity index (χ3v) is 6.28. The van der Waals surface area contributed by atoms with Gasteiger partial charge in [-0.15, -0.1) is 0 Å². The third-order valence-electron chi connectivity index (χ3n) is 6.28. The van der Waals surface area contributed by atoms with Crippen LogP contribution in [0.4, 0.5) is 5.69 Å². The Labute approximate surface area is 205 Å². The molecule has 0 aliphatic carbocycles. The summed E-state index contributed by atoms with van der Waals surface area (Å²) >= 11 is 0. The lowest BCUT2D eigenvalue weighted by Crippen LogP contribution is -2.29. The van der Waals surface area contributed by atoms with Crippen LogP contribution in [0.2, 0.25) is 0 Å². The van der Waals surface area contributed by atoms with Crippen LogP contribution in [-0.4, -0.2) is 34.4 Å². The number of ether oxygens (including phenoxy) is 2. The molecule has 0 radical (unpaired) electrons. The number of anilines is 1. The summed E-state index contributed by atoms with van der Waals surface area (Å²) < 4.78 is 12.7. The molecule has 0 saturated carbocycles. The van der Waals surface area contributed by atoms with Crippen molar-refractivity contribution >= 4 is 34.4 Å². The van der Waals surface area contributed by atoms with Crippen LogP contribution in [-0.2, 0) is 21.4 Å². The molecule has 4 aromatic rings. The van der Waals surface area contributed by atoms with Crippen molar-refractivity contribution in [2.24, 2.45) is 7.05 Å². The molecule has 9 nitrogen and oxygen atoms in total. The van der Waals surface area contributed by atoms with Gasteiger partial charge in [0.25, 0.3) is 5.56 Å². The number of benzene rings is 2. The summed E-state index contributed by atoms with van der Waals surface area (Å²) in [6.07, 6.45) is 3.72. The van der Waals surface area contributed by atoms with Crippen LogP contribution < -0.4 is 15.2 Å². The topological polar surface area (TPSA) is 111 Å². The van der Waals surface area contributed by atoms with Gasteiger partial charge in [0, 0.05) is 48.8 Å². The number of carbonyl (C=O) groups is 3. The molecule has 2 aromatic heterocycles. The van der Waals surface area contributed by atoms with Gasteiger partial charge < -0.3 is 19.0 Å². The Balaban J connectivity index is 1.69. The first-order valence-electron chi connectivity index (χ1n) is 11.3. The fourth-order valence-corrected chi connectivity index (χ4v) is 4.54. The molecule has 9 heteroatoms. The number of pyridine rings is 1. The lowest BCUT2D eigenvalue weighted by atomic mass is 10.0. The van der Waals surface area contributed by atoms with E-state index in [2.05, 4.69) is 4.98 Å². The van der Waals surface area contributed by atoms with Gasteiger partial charge in [0.05, 0.1) is 18.4 Å². The minimum Gasteiger partial charge on any atom is -0.465 e. The van der Waals surface area contributed by atoms with E-state index in [9.17, 15) is 19.2 Å². The maximum absolute atomic E-state index is 12.5. The molecule has 0 spiro atoms. The molecule has 0 atom stereocenters. The number of methoxy groups -OCH3 is 1. The number of hydrogen-bond donors (Lipinski definition) is 1. The Morgan fingerprint density at radius 3 is 2.33 bits per heavy atom. The summed E-state index contributed by atoms with van der Waals surface area (Å²) in [5.41, 5.74) is 3.11. The number of H-pyrrole nitrogens is 1. The van der Waals surface area contributed by atoms with Crippen LogP contribution in [0, 0.1) is 6.92 Å². The molecular weight excluding hydrogens is 462 g/mol. The predicted octanol–water partition coefficient (Wildman–Crippen LogP) is 4.07. The Kier molecular flexibility index (Phi) is 5.68. The average molecular weight is 485 g/mol. The second-order valence-electron chi connectivity index (χ2n) is 8.60. The maximum Gasteiger partial charge on any atom is 0.337 e. The molecule has 1 N–H and O–H groups in total. The number of aryl methyl sites for hydroxylation is 2. The molecule has 5 rings (SSSR count). The van der Waals surface area contributed by atoms with Crippen molar-refractivity contribution < 1.29 is 23.9 Å². The van der Waals surface area contributed by atoms with Gasteiger partial charge in [-0.05, 0) is 55.0 Å². The van der Waals surface area contributed by atoms with Crippen molar-refractivity contribution in [1.82, 2.24) is 9.55 Å². The highest BCUT2D eigenvalue weighted by molar-refractivity contribution is 6.20. The smallest absolute Gasteiger partial charge is 0.337 e. The average Bonchev–Trinajstić information content (AvgIpc) is 3.38. The number of aromatic amines is 1. The molecule has 36 heavy (non-hydrogen) atoms. The largest absolute Gasteiger partial charge is 0.465 e. The fourth-order valence-electron chi connectivity index (χ4n) is 4.54. The van der Waals surface area contributed by atoms with Crippen molar-refractivity contribution in [1.29, 1.82) is 0 Å². The molecule has 1 aliphatic heterocycles. The standard InChI is InChI=1S/C27H23N3O6/c1-15-12-22(36-17-6-4-16(5-7-17)27(34)35-3)19(13-21(15)30-23(31)8-9-24(30)32)20-14-29(2)25-18(20)10-11-28-26(25)33/h4-7,10-14H,8-9H2,1-3H3,(H,28,33). The summed E-state index contributed by atoms with van der Waals surface area (Å²) in [7, 11) is 3.09. The van der Waals surface area contributed by atoms with Gasteiger partial charge in [-0.25, -0.2) is 4.79 Å². The van der Waals surface area contributed by atoms with Gasteiger partial charge in [0.1, 0.15) is 17.0 Å². The molecular formula is C27H23N3O6. The molecule has 2 amide bonds. The first-order valence-corrected chi connectivity index (χ1v) is 11.3. The van der Waals surface area contributed by atoms with Gasteiger partial charge in [0.2, 0.25) is 11.8 Å². The second-order valence-corrected chi connectivity index (χ2v) is 8.60. The van der Waals surface area contributed by atoms with Gasteiger partial charge in [0.15, 0.2) is 0 Å². The van der Waals surface area contributed by atoms with E-state index in [1.54, 1.807) is 67.2 Å². The maximum atomic E-state index is 12.5. The molecule has 0 bridgehead atoms. The van der Waals surface area contributed by atoms with Crippen LogP contribution in [0.15, 0.2) is 59.7 Å². The Hall–Kier alpha value is -4.66. The first kappa shape index (κ1) is 23.1. The zero-order chi connectivity index (χ0) is 25.6. The number of fused-ring (bicyclic) bond motifs is 1. The predicted molar refractivity (Wildman–Crippen MR) is 133 cm³/mol. The first-order chi connectivity index (χ1) is 17.3. The van der Waals surface area contributed by atoms with E-state index in [1.165, 1.54) is 12.0 Å². The highest BCUT2D eigenvalue weighted by Gasteiger charge is 2.32. The second kappa shape index (κ2) is 8.84. The fraction of sp³-hybridized carbons (Fsp3) is 0.185. The Bertz CT molecular complexity index is 1580. The number of carbonyl (C=O) groups excluding carboxylic acids is 3. The van der Waals surface area contributed by atoms with Crippen LogP contribution in [0.5, 0.6) is 11.5 Å². The van der Waals surface area contributed by atoms with Crippen LogP contribution >= 0.6 is 0 Å². The lowest BCUT2D eigenvalue weighted by Gasteiger charge is -2.20. The highest BCUT2D eigenvalue weighted by atomic mass is 16.5. The van der Waals surface area contributed by atoms with E-state index in [4.69, 9.17) is 9.47 Å². The molecule has 182 valence electrons. The number of aromatic nitrogens is 2. The number of hydrogen-bond acceptors (Lipinski definition) is 6. The summed E-state index contributed by atoms with van der Waals surface area (Å²) in [6, 6.07) is 11.8. The van der Waals surface area contributed by atoms with Crippen molar-refractivity contribution in [2.45, 2.75) is 19.8 Å². The van der Waals surface area contributed by atoms with Crippen LogP contribution in [0.1, 0.15) is 28.8 Å². The molecule has 2 aromatic carbocycles. The number of amides is 2. The van der Waals surface area contributed by atoms with Crippen molar-refractivity contribution in [3.8, 4) is 22.6 Å². The van der Waals surface area contributed by atoms with Gasteiger partial charge in [-0.1, -0.05) is 0 Å².